The maximum atomic E-state index is 5.57. The summed E-state index contributed by atoms with van der Waals surface area (Å²) in [5, 5.41) is 0. The quantitative estimate of drug-likeness (QED) is 0.614. The second-order valence-corrected chi connectivity index (χ2v) is 4.74. The van der Waals surface area contributed by atoms with Crippen LogP contribution in [0.3, 0.4) is 0 Å². The molecule has 0 rings (SSSR count). The monoisotopic (exact) mass is 186 g/mol. The SMILES string of the molecule is CCC(CC(C)C)C(OC)C(C)C. The van der Waals surface area contributed by atoms with E-state index in [0.717, 1.165) is 11.8 Å². The van der Waals surface area contributed by atoms with Crippen LogP contribution in [-0.4, -0.2) is 13.2 Å². The highest BCUT2D eigenvalue weighted by molar-refractivity contribution is 4.73. The zero-order chi connectivity index (χ0) is 10.4. The zero-order valence-electron chi connectivity index (χ0n) is 10.1. The Hall–Kier alpha value is -0.0400. The molecule has 0 aromatic rings. The van der Waals surface area contributed by atoms with E-state index in [1.54, 1.807) is 0 Å². The van der Waals surface area contributed by atoms with E-state index in [1.165, 1.54) is 12.8 Å². The fraction of sp³-hybridized carbons (Fsp3) is 1.00. The minimum absolute atomic E-state index is 0.437. The van der Waals surface area contributed by atoms with E-state index in [4.69, 9.17) is 4.74 Å². The highest BCUT2D eigenvalue weighted by atomic mass is 16.5. The lowest BCUT2D eigenvalue weighted by atomic mass is 9.85. The van der Waals surface area contributed by atoms with E-state index in [0.29, 0.717) is 12.0 Å². The van der Waals surface area contributed by atoms with Crippen molar-refractivity contribution in [3.63, 3.8) is 0 Å². The van der Waals surface area contributed by atoms with Crippen LogP contribution in [0.1, 0.15) is 47.5 Å². The molecular formula is C12H26O. The van der Waals surface area contributed by atoms with Crippen LogP contribution < -0.4 is 0 Å². The lowest BCUT2D eigenvalue weighted by molar-refractivity contribution is 0.00836. The van der Waals surface area contributed by atoms with Gasteiger partial charge in [-0.25, -0.2) is 0 Å². The molecule has 0 aliphatic heterocycles. The maximum Gasteiger partial charge on any atom is 0.0622 e. The van der Waals surface area contributed by atoms with E-state index >= 15 is 0 Å². The van der Waals surface area contributed by atoms with Gasteiger partial charge in [0.15, 0.2) is 0 Å². The lowest BCUT2D eigenvalue weighted by Gasteiger charge is -2.29. The lowest BCUT2D eigenvalue weighted by Crippen LogP contribution is -2.28. The van der Waals surface area contributed by atoms with Crippen LogP contribution in [0.2, 0.25) is 0 Å². The van der Waals surface area contributed by atoms with Crippen molar-refractivity contribution < 1.29 is 4.74 Å². The Labute approximate surface area is 83.9 Å². The van der Waals surface area contributed by atoms with E-state index in [-0.39, 0.29) is 0 Å². The third-order valence-corrected chi connectivity index (χ3v) is 2.69. The molecule has 0 aromatic carbocycles. The highest BCUT2D eigenvalue weighted by Crippen LogP contribution is 2.25. The van der Waals surface area contributed by atoms with Crippen molar-refractivity contribution in [2.24, 2.45) is 17.8 Å². The Morgan fingerprint density at radius 2 is 1.62 bits per heavy atom. The first-order valence-corrected chi connectivity index (χ1v) is 5.55. The molecule has 13 heavy (non-hydrogen) atoms. The minimum atomic E-state index is 0.437. The topological polar surface area (TPSA) is 9.23 Å². The highest BCUT2D eigenvalue weighted by Gasteiger charge is 2.23. The first-order valence-electron chi connectivity index (χ1n) is 5.55. The second-order valence-electron chi connectivity index (χ2n) is 4.74. The Morgan fingerprint density at radius 3 is 1.85 bits per heavy atom. The molecule has 2 atom stereocenters. The maximum absolute atomic E-state index is 5.57. The molecule has 0 radical (unpaired) electrons. The molecule has 0 fully saturated rings. The van der Waals surface area contributed by atoms with Crippen LogP contribution in [0, 0.1) is 17.8 Å². The van der Waals surface area contributed by atoms with Crippen molar-refractivity contribution in [2.45, 2.75) is 53.6 Å². The normalized spacial score (nSPS) is 16.6. The zero-order valence-corrected chi connectivity index (χ0v) is 10.1. The summed E-state index contributed by atoms with van der Waals surface area (Å²) in [6, 6.07) is 0. The molecule has 2 unspecified atom stereocenters. The van der Waals surface area contributed by atoms with Crippen LogP contribution in [0.4, 0.5) is 0 Å². The molecule has 80 valence electrons. The Kier molecular flexibility index (Phi) is 6.40. The average molecular weight is 186 g/mol. The molecule has 0 saturated carbocycles. The molecule has 0 saturated heterocycles. The van der Waals surface area contributed by atoms with Gasteiger partial charge in [-0.3, -0.25) is 0 Å². The van der Waals surface area contributed by atoms with Crippen LogP contribution >= 0.6 is 0 Å². The van der Waals surface area contributed by atoms with Crippen molar-refractivity contribution in [3.8, 4) is 0 Å². The van der Waals surface area contributed by atoms with E-state index in [9.17, 15) is 0 Å². The predicted octanol–water partition coefficient (Wildman–Crippen LogP) is 3.73. The third kappa shape index (κ3) is 4.66. The average Bonchev–Trinajstić information content (AvgIpc) is 2.02. The summed E-state index contributed by atoms with van der Waals surface area (Å²) >= 11 is 0. The molecular weight excluding hydrogens is 160 g/mol. The summed E-state index contributed by atoms with van der Waals surface area (Å²) in [7, 11) is 1.84. The summed E-state index contributed by atoms with van der Waals surface area (Å²) in [6.45, 7) is 11.3. The summed E-state index contributed by atoms with van der Waals surface area (Å²) in [4.78, 5) is 0. The standard InChI is InChI=1S/C12H26O/c1-7-11(8-9(2)3)12(13-6)10(4)5/h9-12H,7-8H2,1-6H3. The Balaban J connectivity index is 4.16. The van der Waals surface area contributed by atoms with Gasteiger partial charge in [0.05, 0.1) is 6.10 Å². The van der Waals surface area contributed by atoms with Gasteiger partial charge in [-0.05, 0) is 24.2 Å². The van der Waals surface area contributed by atoms with E-state index < -0.39 is 0 Å². The second kappa shape index (κ2) is 6.42. The number of methoxy groups -OCH3 is 1. The van der Waals surface area contributed by atoms with Crippen molar-refractivity contribution in [1.82, 2.24) is 0 Å². The molecule has 0 amide bonds. The van der Waals surface area contributed by atoms with Gasteiger partial charge in [-0.15, -0.1) is 0 Å². The van der Waals surface area contributed by atoms with E-state index in [1.807, 2.05) is 7.11 Å². The molecule has 0 bridgehead atoms. The molecule has 0 spiro atoms. The van der Waals surface area contributed by atoms with Gasteiger partial charge >= 0.3 is 0 Å². The van der Waals surface area contributed by atoms with Gasteiger partial charge in [0.25, 0.3) is 0 Å². The van der Waals surface area contributed by atoms with Crippen molar-refractivity contribution in [2.75, 3.05) is 7.11 Å². The molecule has 0 aliphatic rings. The fourth-order valence-corrected chi connectivity index (χ4v) is 2.15. The first-order chi connectivity index (χ1) is 6.02. The molecule has 0 aliphatic carbocycles. The Bertz CT molecular complexity index is 118. The Morgan fingerprint density at radius 1 is 1.08 bits per heavy atom. The number of hydrogen-bond donors (Lipinski definition) is 0. The van der Waals surface area contributed by atoms with E-state index in [2.05, 4.69) is 34.6 Å². The largest absolute Gasteiger partial charge is 0.381 e. The fourth-order valence-electron chi connectivity index (χ4n) is 2.15. The molecule has 0 aromatic heterocycles. The van der Waals surface area contributed by atoms with Crippen molar-refractivity contribution in [3.05, 3.63) is 0 Å². The molecule has 1 nitrogen and oxygen atoms in total. The summed E-state index contributed by atoms with van der Waals surface area (Å²) < 4.78 is 5.57. The number of hydrogen-bond acceptors (Lipinski definition) is 1. The molecule has 0 heterocycles. The van der Waals surface area contributed by atoms with Crippen molar-refractivity contribution in [1.29, 1.82) is 0 Å². The minimum Gasteiger partial charge on any atom is -0.381 e. The van der Waals surface area contributed by atoms with Crippen LogP contribution in [0.25, 0.3) is 0 Å². The number of rotatable bonds is 6. The summed E-state index contributed by atoms with van der Waals surface area (Å²) in [5.41, 5.74) is 0. The van der Waals surface area contributed by atoms with Crippen LogP contribution in [-0.2, 0) is 4.74 Å². The van der Waals surface area contributed by atoms with Gasteiger partial charge in [0.2, 0.25) is 0 Å². The smallest absolute Gasteiger partial charge is 0.0622 e. The van der Waals surface area contributed by atoms with Crippen LogP contribution in [0.15, 0.2) is 0 Å². The molecule has 1 heteroatoms. The molecule has 0 N–H and O–H groups in total. The van der Waals surface area contributed by atoms with Gasteiger partial charge in [-0.2, -0.15) is 0 Å². The van der Waals surface area contributed by atoms with Crippen LogP contribution in [0.5, 0.6) is 0 Å². The van der Waals surface area contributed by atoms with Gasteiger partial charge in [-0.1, -0.05) is 41.0 Å². The van der Waals surface area contributed by atoms with Gasteiger partial charge < -0.3 is 4.74 Å². The first kappa shape index (κ1) is 13.0. The van der Waals surface area contributed by atoms with Gasteiger partial charge in [0.1, 0.15) is 0 Å². The summed E-state index contributed by atoms with van der Waals surface area (Å²) in [5.74, 6) is 2.14. The van der Waals surface area contributed by atoms with Gasteiger partial charge in [0, 0.05) is 7.11 Å². The summed E-state index contributed by atoms with van der Waals surface area (Å²) in [6.07, 6.45) is 2.95. The number of ether oxygens (including phenoxy) is 1. The van der Waals surface area contributed by atoms with Crippen molar-refractivity contribution >= 4 is 0 Å². The third-order valence-electron chi connectivity index (χ3n) is 2.69. The predicted molar refractivity (Wildman–Crippen MR) is 58.9 cm³/mol.